The molecule has 0 saturated carbocycles. The summed E-state index contributed by atoms with van der Waals surface area (Å²) in [5.74, 6) is -0.0802. The zero-order valence-corrected chi connectivity index (χ0v) is 9.29. The molecule has 1 rings (SSSR count). The fourth-order valence-corrected chi connectivity index (χ4v) is 1.50. The van der Waals surface area contributed by atoms with Gasteiger partial charge in [-0.15, -0.1) is 0 Å². The lowest BCUT2D eigenvalue weighted by atomic mass is 10.0. The van der Waals surface area contributed by atoms with E-state index in [2.05, 4.69) is 6.92 Å². The van der Waals surface area contributed by atoms with Crippen LogP contribution < -0.4 is 10.5 Å². The summed E-state index contributed by atoms with van der Waals surface area (Å²) in [5.41, 5.74) is 6.91. The largest absolute Gasteiger partial charge is 0.494 e. The zero-order chi connectivity index (χ0) is 11.3. The maximum atomic E-state index is 13.1. The van der Waals surface area contributed by atoms with E-state index in [4.69, 9.17) is 10.5 Å². The molecule has 1 aromatic rings. The van der Waals surface area contributed by atoms with Gasteiger partial charge in [-0.1, -0.05) is 25.8 Å². The second-order valence-corrected chi connectivity index (χ2v) is 3.64. The summed E-state index contributed by atoms with van der Waals surface area (Å²) in [6.45, 7) is 2.12. The summed E-state index contributed by atoms with van der Waals surface area (Å²) in [5, 5.41) is 0. The Bertz CT molecular complexity index is 314. The van der Waals surface area contributed by atoms with E-state index in [0.29, 0.717) is 0 Å². The van der Waals surface area contributed by atoms with Crippen molar-refractivity contribution in [2.75, 3.05) is 7.11 Å². The van der Waals surface area contributed by atoms with Gasteiger partial charge in [-0.3, -0.25) is 0 Å². The average Bonchev–Trinajstić information content (AvgIpc) is 2.26. The van der Waals surface area contributed by atoms with Crippen LogP contribution in [-0.4, -0.2) is 7.11 Å². The minimum Gasteiger partial charge on any atom is -0.494 e. The molecule has 0 fully saturated rings. The molecule has 0 aliphatic heterocycles. The third-order valence-corrected chi connectivity index (χ3v) is 2.47. The molecule has 0 radical (unpaired) electrons. The van der Waals surface area contributed by atoms with E-state index in [1.165, 1.54) is 13.2 Å². The Kier molecular flexibility index (Phi) is 4.56. The SMILES string of the molecule is CCCC[C@H](N)c1ccc(F)c(OC)c1. The van der Waals surface area contributed by atoms with Gasteiger partial charge in [0.25, 0.3) is 0 Å². The Balaban J connectivity index is 2.76. The summed E-state index contributed by atoms with van der Waals surface area (Å²) in [4.78, 5) is 0. The van der Waals surface area contributed by atoms with Gasteiger partial charge >= 0.3 is 0 Å². The van der Waals surface area contributed by atoms with Crippen molar-refractivity contribution < 1.29 is 9.13 Å². The Hall–Kier alpha value is -1.09. The smallest absolute Gasteiger partial charge is 0.165 e. The number of rotatable bonds is 5. The Morgan fingerprint density at radius 2 is 2.20 bits per heavy atom. The fraction of sp³-hybridized carbons (Fsp3) is 0.500. The van der Waals surface area contributed by atoms with Gasteiger partial charge in [0.1, 0.15) is 0 Å². The van der Waals surface area contributed by atoms with Crippen LogP contribution in [0, 0.1) is 5.82 Å². The molecule has 0 aliphatic rings. The highest BCUT2D eigenvalue weighted by Crippen LogP contribution is 2.23. The molecule has 0 amide bonds. The number of methoxy groups -OCH3 is 1. The minimum absolute atomic E-state index is 0.0283. The molecule has 0 heterocycles. The van der Waals surface area contributed by atoms with Crippen molar-refractivity contribution in [2.24, 2.45) is 5.73 Å². The van der Waals surface area contributed by atoms with Crippen molar-refractivity contribution in [1.29, 1.82) is 0 Å². The van der Waals surface area contributed by atoms with Gasteiger partial charge < -0.3 is 10.5 Å². The van der Waals surface area contributed by atoms with Crippen molar-refractivity contribution in [3.05, 3.63) is 29.6 Å². The highest BCUT2D eigenvalue weighted by Gasteiger charge is 2.09. The van der Waals surface area contributed by atoms with Crippen molar-refractivity contribution >= 4 is 0 Å². The third-order valence-electron chi connectivity index (χ3n) is 2.47. The van der Waals surface area contributed by atoms with Crippen LogP contribution in [-0.2, 0) is 0 Å². The molecule has 0 bridgehead atoms. The van der Waals surface area contributed by atoms with E-state index < -0.39 is 0 Å². The second kappa shape index (κ2) is 5.71. The predicted molar refractivity (Wildman–Crippen MR) is 59.4 cm³/mol. The number of hydrogen-bond donors (Lipinski definition) is 1. The maximum Gasteiger partial charge on any atom is 0.165 e. The van der Waals surface area contributed by atoms with E-state index >= 15 is 0 Å². The van der Waals surface area contributed by atoms with E-state index in [0.717, 1.165) is 24.8 Å². The van der Waals surface area contributed by atoms with Crippen LogP contribution in [0.4, 0.5) is 4.39 Å². The number of unbranched alkanes of at least 4 members (excludes halogenated alkanes) is 1. The van der Waals surface area contributed by atoms with Gasteiger partial charge in [0.05, 0.1) is 7.11 Å². The fourth-order valence-electron chi connectivity index (χ4n) is 1.50. The standard InChI is InChI=1S/C12H18FNO/c1-3-4-5-11(14)9-6-7-10(13)12(8-9)15-2/h6-8,11H,3-5,14H2,1-2H3/t11-/m0/s1. The Morgan fingerprint density at radius 1 is 1.47 bits per heavy atom. The lowest BCUT2D eigenvalue weighted by Gasteiger charge is -2.12. The molecule has 1 aromatic carbocycles. The topological polar surface area (TPSA) is 35.2 Å². The molecule has 2 N–H and O–H groups in total. The Morgan fingerprint density at radius 3 is 2.80 bits per heavy atom. The highest BCUT2D eigenvalue weighted by atomic mass is 19.1. The first kappa shape index (κ1) is 12.0. The van der Waals surface area contributed by atoms with Crippen molar-refractivity contribution in [3.63, 3.8) is 0 Å². The lowest BCUT2D eigenvalue weighted by Crippen LogP contribution is -2.10. The second-order valence-electron chi connectivity index (χ2n) is 3.64. The van der Waals surface area contributed by atoms with E-state index in [9.17, 15) is 4.39 Å². The van der Waals surface area contributed by atoms with Crippen molar-refractivity contribution in [1.82, 2.24) is 0 Å². The van der Waals surface area contributed by atoms with Crippen LogP contribution in [0.1, 0.15) is 37.8 Å². The minimum atomic E-state index is -0.344. The van der Waals surface area contributed by atoms with Crippen LogP contribution in [0.3, 0.4) is 0 Å². The molecule has 2 nitrogen and oxygen atoms in total. The number of hydrogen-bond acceptors (Lipinski definition) is 2. The molecule has 3 heteroatoms. The summed E-state index contributed by atoms with van der Waals surface area (Å²) in [7, 11) is 1.46. The molecule has 0 aromatic heterocycles. The first-order valence-corrected chi connectivity index (χ1v) is 5.28. The highest BCUT2D eigenvalue weighted by molar-refractivity contribution is 5.31. The molecular formula is C12H18FNO. The third kappa shape index (κ3) is 3.20. The molecule has 1 atom stereocenters. The van der Waals surface area contributed by atoms with Gasteiger partial charge in [-0.2, -0.15) is 0 Å². The normalized spacial score (nSPS) is 12.5. The molecule has 0 saturated heterocycles. The lowest BCUT2D eigenvalue weighted by molar-refractivity contribution is 0.385. The number of benzene rings is 1. The summed E-state index contributed by atoms with van der Waals surface area (Å²) >= 11 is 0. The molecule has 0 spiro atoms. The number of nitrogens with two attached hydrogens (primary N) is 1. The van der Waals surface area contributed by atoms with Crippen molar-refractivity contribution in [3.8, 4) is 5.75 Å². The quantitative estimate of drug-likeness (QED) is 0.812. The van der Waals surface area contributed by atoms with Crippen LogP contribution in [0.2, 0.25) is 0 Å². The van der Waals surface area contributed by atoms with Crippen LogP contribution in [0.25, 0.3) is 0 Å². The summed E-state index contributed by atoms with van der Waals surface area (Å²) in [6.07, 6.45) is 3.12. The van der Waals surface area contributed by atoms with E-state index in [-0.39, 0.29) is 17.6 Å². The number of halogens is 1. The van der Waals surface area contributed by atoms with Crippen LogP contribution in [0.15, 0.2) is 18.2 Å². The molecule has 0 aliphatic carbocycles. The van der Waals surface area contributed by atoms with Gasteiger partial charge in [-0.05, 0) is 24.1 Å². The first-order valence-electron chi connectivity index (χ1n) is 5.28. The van der Waals surface area contributed by atoms with Gasteiger partial charge in [0.2, 0.25) is 0 Å². The zero-order valence-electron chi connectivity index (χ0n) is 9.29. The molecule has 0 unspecified atom stereocenters. The van der Waals surface area contributed by atoms with Crippen LogP contribution >= 0.6 is 0 Å². The average molecular weight is 211 g/mol. The monoisotopic (exact) mass is 211 g/mol. The maximum absolute atomic E-state index is 13.1. The first-order chi connectivity index (χ1) is 7.19. The molecule has 15 heavy (non-hydrogen) atoms. The van der Waals surface area contributed by atoms with Crippen molar-refractivity contribution in [2.45, 2.75) is 32.2 Å². The van der Waals surface area contributed by atoms with E-state index in [1.807, 2.05) is 0 Å². The number of ether oxygens (including phenoxy) is 1. The van der Waals surface area contributed by atoms with Gasteiger partial charge in [-0.25, -0.2) is 4.39 Å². The Labute approximate surface area is 90.2 Å². The van der Waals surface area contributed by atoms with Gasteiger partial charge in [0.15, 0.2) is 11.6 Å². The molecule has 84 valence electrons. The summed E-state index contributed by atoms with van der Waals surface area (Å²) in [6, 6.07) is 4.77. The van der Waals surface area contributed by atoms with E-state index in [1.54, 1.807) is 12.1 Å². The predicted octanol–water partition coefficient (Wildman–Crippen LogP) is 3.02. The molecular weight excluding hydrogens is 193 g/mol. The van der Waals surface area contributed by atoms with Gasteiger partial charge in [0, 0.05) is 6.04 Å². The van der Waals surface area contributed by atoms with Crippen LogP contribution in [0.5, 0.6) is 5.75 Å². The summed E-state index contributed by atoms with van der Waals surface area (Å²) < 4.78 is 18.0.